The van der Waals surface area contributed by atoms with Crippen molar-refractivity contribution >= 4 is 11.8 Å². The quantitative estimate of drug-likeness (QED) is 0.828. The number of hydrogen-bond donors (Lipinski definition) is 2. The minimum absolute atomic E-state index is 0.130. The lowest BCUT2D eigenvalue weighted by atomic mass is 9.88. The summed E-state index contributed by atoms with van der Waals surface area (Å²) in [5, 5.41) is 10.5. The third kappa shape index (κ3) is 3.54. The highest BCUT2D eigenvalue weighted by molar-refractivity contribution is 5.94. The Hall–Kier alpha value is -1.95. The fourth-order valence-corrected chi connectivity index (χ4v) is 2.52. The number of rotatable bonds is 4. The Labute approximate surface area is 117 Å². The minimum Gasteiger partial charge on any atom is -0.388 e. The zero-order chi connectivity index (χ0) is 14.6. The molecule has 1 aliphatic rings. The van der Waals surface area contributed by atoms with E-state index in [1.807, 2.05) is 0 Å². The van der Waals surface area contributed by atoms with Gasteiger partial charge in [0.1, 0.15) is 0 Å². The molecule has 3 N–H and O–H groups in total. The van der Waals surface area contributed by atoms with Crippen LogP contribution >= 0.6 is 0 Å². The number of nitrogens with two attached hydrogens (primary N) is 1. The first-order valence-corrected chi connectivity index (χ1v) is 6.70. The molecule has 20 heavy (non-hydrogen) atoms. The number of amides is 2. The molecular formula is C14H19N3O3. The molecule has 1 atom stereocenters. The molecule has 0 bridgehead atoms. The van der Waals surface area contributed by atoms with E-state index in [4.69, 9.17) is 5.73 Å². The van der Waals surface area contributed by atoms with Gasteiger partial charge in [0.2, 0.25) is 5.91 Å². The number of likely N-dealkylation sites (tertiary alicyclic amines) is 1. The average molecular weight is 277 g/mol. The van der Waals surface area contributed by atoms with Gasteiger partial charge in [-0.2, -0.15) is 0 Å². The zero-order valence-electron chi connectivity index (χ0n) is 11.3. The van der Waals surface area contributed by atoms with Crippen molar-refractivity contribution in [2.24, 2.45) is 5.73 Å². The first-order valence-electron chi connectivity index (χ1n) is 6.70. The summed E-state index contributed by atoms with van der Waals surface area (Å²) in [5.41, 5.74) is 4.60. The van der Waals surface area contributed by atoms with Gasteiger partial charge in [-0.3, -0.25) is 14.6 Å². The molecule has 108 valence electrons. The summed E-state index contributed by atoms with van der Waals surface area (Å²) >= 11 is 0. The van der Waals surface area contributed by atoms with E-state index in [2.05, 4.69) is 4.98 Å². The highest BCUT2D eigenvalue weighted by atomic mass is 16.3. The van der Waals surface area contributed by atoms with E-state index in [1.54, 1.807) is 23.2 Å². The van der Waals surface area contributed by atoms with Gasteiger partial charge in [-0.25, -0.2) is 0 Å². The summed E-state index contributed by atoms with van der Waals surface area (Å²) in [6.45, 7) is 0.834. The molecule has 2 heterocycles. The van der Waals surface area contributed by atoms with E-state index in [-0.39, 0.29) is 18.9 Å². The Kier molecular flexibility index (Phi) is 4.34. The molecule has 1 aliphatic heterocycles. The molecule has 1 aromatic rings. The highest BCUT2D eigenvalue weighted by Gasteiger charge is 2.35. The molecule has 0 radical (unpaired) electrons. The SMILES string of the molecule is NC(=O)CC[C@]1(O)CCCN(C(=O)c2cccnc2)C1. The Morgan fingerprint density at radius 3 is 2.95 bits per heavy atom. The van der Waals surface area contributed by atoms with E-state index in [0.717, 1.165) is 0 Å². The number of piperidine rings is 1. The molecule has 1 saturated heterocycles. The van der Waals surface area contributed by atoms with Crippen LogP contribution in [-0.2, 0) is 4.79 Å². The van der Waals surface area contributed by atoms with Gasteiger partial charge in [0, 0.05) is 31.9 Å². The second-order valence-corrected chi connectivity index (χ2v) is 5.26. The first kappa shape index (κ1) is 14.5. The van der Waals surface area contributed by atoms with Crippen molar-refractivity contribution in [1.29, 1.82) is 0 Å². The molecule has 0 aliphatic carbocycles. The Morgan fingerprint density at radius 1 is 1.50 bits per heavy atom. The van der Waals surface area contributed by atoms with Crippen LogP contribution in [0.4, 0.5) is 0 Å². The predicted molar refractivity (Wildman–Crippen MR) is 72.8 cm³/mol. The summed E-state index contributed by atoms with van der Waals surface area (Å²) in [6.07, 6.45) is 4.83. The number of β-amino-alcohol motifs (C(OH)–C–C–N with tert-alkyl or cyclic N) is 1. The van der Waals surface area contributed by atoms with Crippen LogP contribution < -0.4 is 5.73 Å². The second-order valence-electron chi connectivity index (χ2n) is 5.26. The summed E-state index contributed by atoms with van der Waals surface area (Å²) in [6, 6.07) is 3.41. The normalized spacial score (nSPS) is 22.6. The number of aromatic nitrogens is 1. The Balaban J connectivity index is 2.03. The van der Waals surface area contributed by atoms with Gasteiger partial charge in [0.05, 0.1) is 11.2 Å². The topological polar surface area (TPSA) is 96.5 Å². The van der Waals surface area contributed by atoms with E-state index in [0.29, 0.717) is 31.4 Å². The van der Waals surface area contributed by atoms with E-state index < -0.39 is 11.5 Å². The molecule has 0 saturated carbocycles. The van der Waals surface area contributed by atoms with Gasteiger partial charge in [-0.15, -0.1) is 0 Å². The van der Waals surface area contributed by atoms with Crippen molar-refractivity contribution in [1.82, 2.24) is 9.88 Å². The summed E-state index contributed by atoms with van der Waals surface area (Å²) in [4.78, 5) is 28.7. The van der Waals surface area contributed by atoms with Crippen LogP contribution in [-0.4, -0.2) is 45.5 Å². The summed E-state index contributed by atoms with van der Waals surface area (Å²) in [5.74, 6) is -0.579. The predicted octanol–water partition coefficient (Wildman–Crippen LogP) is 0.314. The third-order valence-corrected chi connectivity index (χ3v) is 3.59. The van der Waals surface area contributed by atoms with Crippen LogP contribution in [0.25, 0.3) is 0 Å². The standard InChI is InChI=1S/C14H19N3O3/c15-12(18)4-6-14(20)5-2-8-17(10-14)13(19)11-3-1-7-16-9-11/h1,3,7,9,20H,2,4-6,8,10H2,(H2,15,18)/t14-/m1/s1. The zero-order valence-corrected chi connectivity index (χ0v) is 11.3. The molecule has 1 aromatic heterocycles. The number of carbonyl (C=O) groups is 2. The van der Waals surface area contributed by atoms with Crippen molar-refractivity contribution in [3.8, 4) is 0 Å². The van der Waals surface area contributed by atoms with Crippen LogP contribution in [0.1, 0.15) is 36.0 Å². The monoisotopic (exact) mass is 277 g/mol. The molecule has 0 aromatic carbocycles. The van der Waals surface area contributed by atoms with E-state index in [1.165, 1.54) is 6.20 Å². The van der Waals surface area contributed by atoms with Gasteiger partial charge >= 0.3 is 0 Å². The van der Waals surface area contributed by atoms with Crippen LogP contribution in [0, 0.1) is 0 Å². The fourth-order valence-electron chi connectivity index (χ4n) is 2.52. The van der Waals surface area contributed by atoms with E-state index in [9.17, 15) is 14.7 Å². The molecular weight excluding hydrogens is 258 g/mol. The van der Waals surface area contributed by atoms with Crippen molar-refractivity contribution < 1.29 is 14.7 Å². The molecule has 0 unspecified atom stereocenters. The third-order valence-electron chi connectivity index (χ3n) is 3.59. The van der Waals surface area contributed by atoms with Gasteiger partial charge in [-0.1, -0.05) is 0 Å². The smallest absolute Gasteiger partial charge is 0.255 e. The van der Waals surface area contributed by atoms with Gasteiger partial charge in [0.15, 0.2) is 0 Å². The van der Waals surface area contributed by atoms with Crippen molar-refractivity contribution in [3.63, 3.8) is 0 Å². The summed E-state index contributed by atoms with van der Waals surface area (Å²) < 4.78 is 0. The molecule has 6 nitrogen and oxygen atoms in total. The van der Waals surface area contributed by atoms with E-state index >= 15 is 0 Å². The lowest BCUT2D eigenvalue weighted by Crippen LogP contribution is -2.50. The number of carbonyl (C=O) groups excluding carboxylic acids is 2. The number of hydrogen-bond acceptors (Lipinski definition) is 4. The number of primary amides is 1. The maximum atomic E-state index is 12.3. The second kappa shape index (κ2) is 6.00. The molecule has 2 rings (SSSR count). The van der Waals surface area contributed by atoms with Crippen LogP contribution in [0.2, 0.25) is 0 Å². The number of aliphatic hydroxyl groups is 1. The number of pyridine rings is 1. The minimum atomic E-state index is -1.02. The highest BCUT2D eigenvalue weighted by Crippen LogP contribution is 2.26. The fraction of sp³-hybridized carbons (Fsp3) is 0.500. The Bertz CT molecular complexity index is 492. The van der Waals surface area contributed by atoms with Crippen LogP contribution in [0.15, 0.2) is 24.5 Å². The lowest BCUT2D eigenvalue weighted by molar-refractivity contribution is -0.120. The molecule has 0 spiro atoms. The average Bonchev–Trinajstić information content (AvgIpc) is 2.45. The molecule has 1 fully saturated rings. The van der Waals surface area contributed by atoms with Crippen LogP contribution in [0.3, 0.4) is 0 Å². The largest absolute Gasteiger partial charge is 0.388 e. The number of nitrogens with zero attached hydrogens (tertiary/aromatic N) is 2. The molecule has 6 heteroatoms. The summed E-state index contributed by atoms with van der Waals surface area (Å²) in [7, 11) is 0. The van der Waals surface area contributed by atoms with Gasteiger partial charge in [-0.05, 0) is 31.4 Å². The van der Waals surface area contributed by atoms with Crippen molar-refractivity contribution in [2.75, 3.05) is 13.1 Å². The maximum absolute atomic E-state index is 12.3. The lowest BCUT2D eigenvalue weighted by Gasteiger charge is -2.39. The van der Waals surface area contributed by atoms with Gasteiger partial charge < -0.3 is 15.7 Å². The van der Waals surface area contributed by atoms with Gasteiger partial charge in [0.25, 0.3) is 5.91 Å². The maximum Gasteiger partial charge on any atom is 0.255 e. The van der Waals surface area contributed by atoms with Crippen LogP contribution in [0.5, 0.6) is 0 Å². The molecule has 2 amide bonds. The first-order chi connectivity index (χ1) is 9.50. The Morgan fingerprint density at radius 2 is 2.30 bits per heavy atom. The van der Waals surface area contributed by atoms with Crippen molar-refractivity contribution in [2.45, 2.75) is 31.3 Å². The van der Waals surface area contributed by atoms with Crippen molar-refractivity contribution in [3.05, 3.63) is 30.1 Å².